The lowest BCUT2D eigenvalue weighted by molar-refractivity contribution is 0.104. The molecule has 18 heavy (non-hydrogen) atoms. The molecule has 1 aromatic heterocycles. The molecule has 0 N–H and O–H groups in total. The van der Waals surface area contributed by atoms with Gasteiger partial charge in [0.2, 0.25) is 0 Å². The lowest BCUT2D eigenvalue weighted by Gasteiger charge is -1.99. The summed E-state index contributed by atoms with van der Waals surface area (Å²) in [5.74, 6) is 0.705. The third kappa shape index (κ3) is 3.04. The van der Waals surface area contributed by atoms with Crippen LogP contribution in [0.15, 0.2) is 54.9 Å². The van der Waals surface area contributed by atoms with Gasteiger partial charge in [0, 0.05) is 18.0 Å². The predicted molar refractivity (Wildman–Crippen MR) is 70.6 cm³/mol. The Morgan fingerprint density at radius 3 is 2.89 bits per heavy atom. The van der Waals surface area contributed by atoms with Gasteiger partial charge in [-0.3, -0.25) is 9.78 Å². The Labute approximate surface area is 106 Å². The minimum Gasteiger partial charge on any atom is -0.497 e. The summed E-state index contributed by atoms with van der Waals surface area (Å²) >= 11 is 0. The van der Waals surface area contributed by atoms with Crippen molar-refractivity contribution in [3.8, 4) is 5.75 Å². The first-order valence-electron chi connectivity index (χ1n) is 5.56. The molecule has 0 spiro atoms. The van der Waals surface area contributed by atoms with Gasteiger partial charge in [0.25, 0.3) is 0 Å². The number of allylic oxidation sites excluding steroid dienone is 1. The zero-order valence-corrected chi connectivity index (χ0v) is 10.0. The molecule has 0 aliphatic heterocycles. The second-order valence-corrected chi connectivity index (χ2v) is 3.72. The normalized spacial score (nSPS) is 10.5. The van der Waals surface area contributed by atoms with Crippen LogP contribution < -0.4 is 4.74 Å². The molecular formula is C15H13NO2. The first kappa shape index (κ1) is 12.0. The van der Waals surface area contributed by atoms with Crippen molar-refractivity contribution in [2.45, 2.75) is 0 Å². The molecule has 0 fully saturated rings. The zero-order valence-electron chi connectivity index (χ0n) is 10.0. The van der Waals surface area contributed by atoms with Gasteiger partial charge in [-0.15, -0.1) is 0 Å². The van der Waals surface area contributed by atoms with Gasteiger partial charge in [0.15, 0.2) is 5.78 Å². The van der Waals surface area contributed by atoms with Crippen LogP contribution in [0.25, 0.3) is 6.08 Å². The quantitative estimate of drug-likeness (QED) is 0.608. The maximum absolute atomic E-state index is 11.8. The summed E-state index contributed by atoms with van der Waals surface area (Å²) in [5.41, 5.74) is 1.50. The van der Waals surface area contributed by atoms with Crippen LogP contribution in [-0.4, -0.2) is 17.9 Å². The average molecular weight is 239 g/mol. The smallest absolute Gasteiger partial charge is 0.187 e. The Balaban J connectivity index is 2.13. The van der Waals surface area contributed by atoms with E-state index in [4.69, 9.17) is 4.74 Å². The number of nitrogens with zero attached hydrogens (tertiary/aromatic N) is 1. The second kappa shape index (κ2) is 5.77. The lowest BCUT2D eigenvalue weighted by Crippen LogP contribution is -1.94. The number of ketones is 1. The summed E-state index contributed by atoms with van der Waals surface area (Å²) in [6.07, 6.45) is 6.49. The van der Waals surface area contributed by atoms with E-state index in [1.54, 1.807) is 37.7 Å². The van der Waals surface area contributed by atoms with E-state index < -0.39 is 0 Å². The molecule has 1 aromatic carbocycles. The molecule has 0 aliphatic carbocycles. The summed E-state index contributed by atoms with van der Waals surface area (Å²) < 4.78 is 5.12. The Hall–Kier alpha value is -2.42. The molecule has 0 unspecified atom stereocenters. The van der Waals surface area contributed by atoms with Gasteiger partial charge in [0.05, 0.1) is 7.11 Å². The fraction of sp³-hybridized carbons (Fsp3) is 0.0667. The highest BCUT2D eigenvalue weighted by molar-refractivity contribution is 6.06. The van der Waals surface area contributed by atoms with E-state index in [2.05, 4.69) is 4.98 Å². The van der Waals surface area contributed by atoms with Gasteiger partial charge >= 0.3 is 0 Å². The van der Waals surface area contributed by atoms with E-state index in [1.165, 1.54) is 6.08 Å². The Kier molecular flexibility index (Phi) is 3.86. The SMILES string of the molecule is COc1cccc(C=CC(=O)c2cccnc2)c1. The highest BCUT2D eigenvalue weighted by Gasteiger charge is 2.00. The van der Waals surface area contributed by atoms with Crippen LogP contribution in [0, 0.1) is 0 Å². The number of methoxy groups -OCH3 is 1. The van der Waals surface area contributed by atoms with Crippen LogP contribution in [0.4, 0.5) is 0 Å². The summed E-state index contributed by atoms with van der Waals surface area (Å²) in [4.78, 5) is 15.7. The fourth-order valence-electron chi connectivity index (χ4n) is 1.52. The van der Waals surface area contributed by atoms with Crippen LogP contribution in [0.3, 0.4) is 0 Å². The van der Waals surface area contributed by atoms with Gasteiger partial charge in [-0.1, -0.05) is 18.2 Å². The lowest BCUT2D eigenvalue weighted by atomic mass is 10.1. The Bertz CT molecular complexity index is 562. The van der Waals surface area contributed by atoms with Crippen molar-refractivity contribution in [2.24, 2.45) is 0 Å². The number of benzene rings is 1. The molecule has 0 saturated carbocycles. The summed E-state index contributed by atoms with van der Waals surface area (Å²) in [7, 11) is 1.61. The Morgan fingerprint density at radius 2 is 2.17 bits per heavy atom. The van der Waals surface area contributed by atoms with Gasteiger partial charge in [-0.05, 0) is 35.9 Å². The predicted octanol–water partition coefficient (Wildman–Crippen LogP) is 2.99. The van der Waals surface area contributed by atoms with E-state index in [9.17, 15) is 4.79 Å². The monoisotopic (exact) mass is 239 g/mol. The van der Waals surface area contributed by atoms with Crippen LogP contribution >= 0.6 is 0 Å². The highest BCUT2D eigenvalue weighted by Crippen LogP contribution is 2.14. The molecule has 0 saturated heterocycles. The second-order valence-electron chi connectivity index (χ2n) is 3.72. The van der Waals surface area contributed by atoms with E-state index in [1.807, 2.05) is 24.3 Å². The maximum Gasteiger partial charge on any atom is 0.187 e. The summed E-state index contributed by atoms with van der Waals surface area (Å²) in [6.45, 7) is 0. The van der Waals surface area contributed by atoms with Gasteiger partial charge in [-0.2, -0.15) is 0 Å². The van der Waals surface area contributed by atoms with Crippen molar-refractivity contribution in [1.82, 2.24) is 4.98 Å². The molecular weight excluding hydrogens is 226 g/mol. The molecule has 0 atom stereocenters. The molecule has 3 heteroatoms. The van der Waals surface area contributed by atoms with Crippen LogP contribution in [0.5, 0.6) is 5.75 Å². The number of hydrogen-bond acceptors (Lipinski definition) is 3. The van der Waals surface area contributed by atoms with Gasteiger partial charge in [-0.25, -0.2) is 0 Å². The zero-order chi connectivity index (χ0) is 12.8. The summed E-state index contributed by atoms with van der Waals surface area (Å²) in [6, 6.07) is 11.0. The first-order valence-corrected chi connectivity index (χ1v) is 5.56. The minimum atomic E-state index is -0.0640. The van der Waals surface area contributed by atoms with Crippen molar-refractivity contribution in [3.63, 3.8) is 0 Å². The third-order valence-electron chi connectivity index (χ3n) is 2.47. The van der Waals surface area contributed by atoms with Gasteiger partial charge in [0.1, 0.15) is 5.75 Å². The maximum atomic E-state index is 11.8. The average Bonchev–Trinajstić information content (AvgIpc) is 2.46. The molecule has 0 aliphatic rings. The van der Waals surface area contributed by atoms with Crippen LogP contribution in [0.2, 0.25) is 0 Å². The standard InChI is InChI=1S/C15H13NO2/c1-18-14-6-2-4-12(10-14)7-8-15(17)13-5-3-9-16-11-13/h2-11H,1H3. The molecule has 0 radical (unpaired) electrons. The molecule has 0 amide bonds. The van der Waals surface area contributed by atoms with Gasteiger partial charge < -0.3 is 4.74 Å². The number of rotatable bonds is 4. The van der Waals surface area contributed by atoms with Crippen molar-refractivity contribution in [2.75, 3.05) is 7.11 Å². The number of carbonyl (C=O) groups excluding carboxylic acids is 1. The molecule has 2 aromatic rings. The van der Waals surface area contributed by atoms with E-state index in [-0.39, 0.29) is 5.78 Å². The van der Waals surface area contributed by atoms with Crippen molar-refractivity contribution in [1.29, 1.82) is 0 Å². The minimum absolute atomic E-state index is 0.0640. The Morgan fingerprint density at radius 1 is 1.28 bits per heavy atom. The van der Waals surface area contributed by atoms with Crippen molar-refractivity contribution < 1.29 is 9.53 Å². The van der Waals surface area contributed by atoms with E-state index >= 15 is 0 Å². The first-order chi connectivity index (χ1) is 8.79. The third-order valence-corrected chi connectivity index (χ3v) is 2.47. The molecule has 90 valence electrons. The topological polar surface area (TPSA) is 39.2 Å². The molecule has 1 heterocycles. The number of hydrogen-bond donors (Lipinski definition) is 0. The van der Waals surface area contributed by atoms with Crippen molar-refractivity contribution in [3.05, 3.63) is 66.0 Å². The van der Waals surface area contributed by atoms with E-state index in [0.717, 1.165) is 11.3 Å². The number of pyridine rings is 1. The largest absolute Gasteiger partial charge is 0.497 e. The van der Waals surface area contributed by atoms with E-state index in [0.29, 0.717) is 5.56 Å². The number of aromatic nitrogens is 1. The number of ether oxygens (including phenoxy) is 1. The fourth-order valence-corrected chi connectivity index (χ4v) is 1.52. The highest BCUT2D eigenvalue weighted by atomic mass is 16.5. The number of carbonyl (C=O) groups is 1. The van der Waals surface area contributed by atoms with Crippen LogP contribution in [-0.2, 0) is 0 Å². The van der Waals surface area contributed by atoms with Crippen LogP contribution in [0.1, 0.15) is 15.9 Å². The summed E-state index contributed by atoms with van der Waals surface area (Å²) in [5, 5.41) is 0. The molecule has 2 rings (SSSR count). The molecule has 3 nitrogen and oxygen atoms in total. The molecule has 0 bridgehead atoms. The van der Waals surface area contributed by atoms with Crippen molar-refractivity contribution >= 4 is 11.9 Å².